The first-order chi connectivity index (χ1) is 11.8. The van der Waals surface area contributed by atoms with Crippen LogP contribution in [0.3, 0.4) is 0 Å². The molecule has 0 atom stereocenters. The van der Waals surface area contributed by atoms with Crippen LogP contribution in [0.25, 0.3) is 0 Å². The first-order valence-corrected chi connectivity index (χ1v) is 8.68. The van der Waals surface area contributed by atoms with Gasteiger partial charge in [-0.2, -0.15) is 0 Å². The number of phenolic OH excluding ortho intramolecular Hbond substituents is 2. The molecule has 0 spiro atoms. The Bertz CT molecular complexity index is 851. The molecule has 0 unspecified atom stereocenters. The van der Waals surface area contributed by atoms with E-state index >= 15 is 0 Å². The van der Waals surface area contributed by atoms with Crippen LogP contribution in [0.5, 0.6) is 11.5 Å². The summed E-state index contributed by atoms with van der Waals surface area (Å²) in [6.45, 7) is 2.49. The molecule has 0 fully saturated rings. The van der Waals surface area contributed by atoms with Crippen molar-refractivity contribution >= 4 is 58.3 Å². The van der Waals surface area contributed by atoms with E-state index in [2.05, 4.69) is 9.98 Å². The topological polar surface area (TPSA) is 65.2 Å². The van der Waals surface area contributed by atoms with E-state index in [4.69, 9.17) is 46.4 Å². The summed E-state index contributed by atoms with van der Waals surface area (Å²) in [5.41, 5.74) is 1.49. The van der Waals surface area contributed by atoms with Gasteiger partial charge in [-0.3, -0.25) is 9.98 Å². The van der Waals surface area contributed by atoms with Crippen LogP contribution in [0, 0.1) is 0 Å². The van der Waals surface area contributed by atoms with Gasteiger partial charge in [0.05, 0.1) is 23.1 Å². The number of phenols is 2. The summed E-state index contributed by atoms with van der Waals surface area (Å²) in [4.78, 5) is 8.52. The molecular formula is C17H14Cl4N2O2. The Labute approximate surface area is 165 Å². The minimum Gasteiger partial charge on any atom is -0.506 e. The Balaban J connectivity index is 2.04. The van der Waals surface area contributed by atoms with E-state index < -0.39 is 0 Å². The molecule has 0 aliphatic rings. The lowest BCUT2D eigenvalue weighted by Gasteiger charge is -2.07. The molecule has 8 heteroatoms. The summed E-state index contributed by atoms with van der Waals surface area (Å²) in [7, 11) is 0. The monoisotopic (exact) mass is 418 g/mol. The van der Waals surface area contributed by atoms with Crippen molar-refractivity contribution in [3.8, 4) is 11.5 Å². The van der Waals surface area contributed by atoms with Crippen LogP contribution in [0.15, 0.2) is 34.3 Å². The molecule has 0 radical (unpaired) electrons. The molecule has 0 amide bonds. The largest absolute Gasteiger partial charge is 0.506 e. The smallest absolute Gasteiger partial charge is 0.143 e. The number of hydrogen-bond donors (Lipinski definition) is 2. The number of rotatable bonds is 5. The molecule has 4 nitrogen and oxygen atoms in total. The molecule has 2 N–H and O–H groups in total. The fourth-order valence-electron chi connectivity index (χ4n) is 2.05. The molecule has 132 valence electrons. The standard InChI is InChI=1S/C17H14Cl4N2O2/c1-9(13-5-12(19)7-15(21)17(13)25)23-3-2-22-8-10-4-11(18)6-14(20)16(10)24/h4-8,24-25H,2-3H2,1H3. The molecule has 0 heterocycles. The fraction of sp³-hybridized carbons (Fsp3) is 0.176. The van der Waals surface area contributed by atoms with E-state index in [1.807, 2.05) is 0 Å². The van der Waals surface area contributed by atoms with Gasteiger partial charge in [0.1, 0.15) is 11.5 Å². The van der Waals surface area contributed by atoms with E-state index in [-0.39, 0.29) is 21.5 Å². The highest BCUT2D eigenvalue weighted by molar-refractivity contribution is 6.37. The highest BCUT2D eigenvalue weighted by atomic mass is 35.5. The first-order valence-electron chi connectivity index (χ1n) is 7.17. The molecule has 2 aromatic rings. The number of halogens is 4. The normalized spacial score (nSPS) is 12.1. The number of benzene rings is 2. The molecule has 0 aromatic heterocycles. The van der Waals surface area contributed by atoms with Crippen molar-refractivity contribution in [1.29, 1.82) is 0 Å². The lowest BCUT2D eigenvalue weighted by Crippen LogP contribution is -1.99. The molecule has 2 aromatic carbocycles. The fourth-order valence-corrected chi connectivity index (χ4v) is 3.05. The first kappa shape index (κ1) is 19.9. The second kappa shape index (κ2) is 8.77. The molecule has 0 aliphatic heterocycles. The quantitative estimate of drug-likeness (QED) is 0.486. The summed E-state index contributed by atoms with van der Waals surface area (Å²) in [6, 6.07) is 6.07. The van der Waals surface area contributed by atoms with Crippen LogP contribution in [0.2, 0.25) is 20.1 Å². The maximum atomic E-state index is 9.97. The Hall–Kier alpha value is -1.46. The third-order valence-electron chi connectivity index (χ3n) is 3.28. The molecule has 0 saturated heterocycles. The third-order valence-corrected chi connectivity index (χ3v) is 4.30. The summed E-state index contributed by atoms with van der Waals surface area (Å²) < 4.78 is 0. The van der Waals surface area contributed by atoms with Crippen molar-refractivity contribution in [1.82, 2.24) is 0 Å². The third kappa shape index (κ3) is 5.25. The predicted octanol–water partition coefficient (Wildman–Crippen LogP) is 5.64. The van der Waals surface area contributed by atoms with Crippen LogP contribution in [-0.4, -0.2) is 35.2 Å². The van der Waals surface area contributed by atoms with E-state index in [1.165, 1.54) is 18.3 Å². The van der Waals surface area contributed by atoms with Gasteiger partial charge in [-0.25, -0.2) is 0 Å². The van der Waals surface area contributed by atoms with Gasteiger partial charge in [-0.05, 0) is 31.2 Å². The minimum atomic E-state index is -0.0759. The van der Waals surface area contributed by atoms with E-state index in [0.717, 1.165) is 0 Å². The van der Waals surface area contributed by atoms with E-state index in [1.54, 1.807) is 19.1 Å². The Morgan fingerprint density at radius 3 is 2.20 bits per heavy atom. The van der Waals surface area contributed by atoms with Gasteiger partial charge in [-0.1, -0.05) is 46.4 Å². The number of nitrogens with zero attached hydrogens (tertiary/aromatic N) is 2. The summed E-state index contributed by atoms with van der Waals surface area (Å²) in [5, 5.41) is 21.0. The van der Waals surface area contributed by atoms with Crippen molar-refractivity contribution in [3.63, 3.8) is 0 Å². The second-order valence-electron chi connectivity index (χ2n) is 5.11. The van der Waals surface area contributed by atoms with Gasteiger partial charge < -0.3 is 10.2 Å². The number of aromatic hydroxyl groups is 2. The molecule has 2 rings (SSSR count). The zero-order chi connectivity index (χ0) is 18.6. The maximum absolute atomic E-state index is 9.97. The zero-order valence-electron chi connectivity index (χ0n) is 13.1. The van der Waals surface area contributed by atoms with Crippen LogP contribution in [-0.2, 0) is 0 Å². The van der Waals surface area contributed by atoms with Gasteiger partial charge in [0, 0.05) is 33.1 Å². The predicted molar refractivity (Wildman–Crippen MR) is 106 cm³/mol. The van der Waals surface area contributed by atoms with Gasteiger partial charge in [0.15, 0.2) is 0 Å². The van der Waals surface area contributed by atoms with Crippen LogP contribution in [0.4, 0.5) is 0 Å². The van der Waals surface area contributed by atoms with E-state index in [9.17, 15) is 10.2 Å². The average Bonchev–Trinajstić information content (AvgIpc) is 2.54. The van der Waals surface area contributed by atoms with Gasteiger partial charge in [0.2, 0.25) is 0 Å². The van der Waals surface area contributed by atoms with Gasteiger partial charge in [0.25, 0.3) is 0 Å². The van der Waals surface area contributed by atoms with Crippen molar-refractivity contribution in [2.24, 2.45) is 9.98 Å². The Morgan fingerprint density at radius 2 is 1.52 bits per heavy atom. The number of hydrogen-bond acceptors (Lipinski definition) is 4. The summed E-state index contributed by atoms with van der Waals surface area (Å²) in [5.74, 6) is -0.137. The van der Waals surface area contributed by atoms with E-state index in [0.29, 0.717) is 40.0 Å². The Morgan fingerprint density at radius 1 is 0.920 bits per heavy atom. The van der Waals surface area contributed by atoms with Crippen LogP contribution >= 0.6 is 46.4 Å². The van der Waals surface area contributed by atoms with Crippen molar-refractivity contribution in [2.45, 2.75) is 6.92 Å². The van der Waals surface area contributed by atoms with Crippen LogP contribution < -0.4 is 0 Å². The second-order valence-corrected chi connectivity index (χ2v) is 6.80. The highest BCUT2D eigenvalue weighted by Crippen LogP contribution is 2.32. The molecular weight excluding hydrogens is 406 g/mol. The average molecular weight is 420 g/mol. The molecule has 25 heavy (non-hydrogen) atoms. The summed E-state index contributed by atoms with van der Waals surface area (Å²) in [6.07, 6.45) is 1.48. The molecule has 0 bridgehead atoms. The summed E-state index contributed by atoms with van der Waals surface area (Å²) >= 11 is 23.6. The lowest BCUT2D eigenvalue weighted by molar-refractivity contribution is 0.474. The lowest BCUT2D eigenvalue weighted by atomic mass is 10.1. The SMILES string of the molecule is CC(=NCCN=Cc1cc(Cl)cc(Cl)c1O)c1cc(Cl)cc(Cl)c1O. The molecule has 0 aliphatic carbocycles. The zero-order valence-corrected chi connectivity index (χ0v) is 16.1. The van der Waals surface area contributed by atoms with Crippen molar-refractivity contribution in [2.75, 3.05) is 13.1 Å². The number of aliphatic imine (C=N–C) groups is 2. The van der Waals surface area contributed by atoms with Gasteiger partial charge in [-0.15, -0.1) is 0 Å². The Kier molecular flexibility index (Phi) is 6.96. The van der Waals surface area contributed by atoms with Crippen molar-refractivity contribution in [3.05, 3.63) is 55.5 Å². The van der Waals surface area contributed by atoms with Crippen LogP contribution in [0.1, 0.15) is 18.1 Å². The maximum Gasteiger partial charge on any atom is 0.143 e. The highest BCUT2D eigenvalue weighted by Gasteiger charge is 2.10. The molecule has 0 saturated carbocycles. The van der Waals surface area contributed by atoms with Crippen molar-refractivity contribution < 1.29 is 10.2 Å². The minimum absolute atomic E-state index is 0.0608. The van der Waals surface area contributed by atoms with Gasteiger partial charge >= 0.3 is 0 Å².